The monoisotopic (exact) mass is 264 g/mol. The SMILES string of the molecule is CCC[C@@H](NC(=O)Nc1cccc(CC)c1)C(=O)O. The Morgan fingerprint density at radius 3 is 2.63 bits per heavy atom. The Morgan fingerprint density at radius 1 is 1.32 bits per heavy atom. The van der Waals surface area contributed by atoms with Crippen molar-refractivity contribution in [2.24, 2.45) is 0 Å². The molecule has 5 nitrogen and oxygen atoms in total. The Hall–Kier alpha value is -2.04. The van der Waals surface area contributed by atoms with Gasteiger partial charge in [-0.2, -0.15) is 0 Å². The molecule has 104 valence electrons. The van der Waals surface area contributed by atoms with Gasteiger partial charge in [-0.3, -0.25) is 0 Å². The molecule has 0 saturated carbocycles. The van der Waals surface area contributed by atoms with Crippen molar-refractivity contribution in [3.8, 4) is 0 Å². The highest BCUT2D eigenvalue weighted by atomic mass is 16.4. The topological polar surface area (TPSA) is 78.4 Å². The standard InChI is InChI=1S/C14H20N2O3/c1-3-6-12(13(17)18)16-14(19)15-11-8-5-7-10(4-2)9-11/h5,7-9,12H,3-4,6H2,1-2H3,(H,17,18)(H2,15,16,19)/t12-/m1/s1. The molecule has 1 atom stereocenters. The van der Waals surface area contributed by atoms with Crippen LogP contribution in [0.25, 0.3) is 0 Å². The molecule has 2 amide bonds. The number of carboxylic acids is 1. The Bertz CT molecular complexity index is 446. The second-order valence-corrected chi connectivity index (χ2v) is 4.33. The van der Waals surface area contributed by atoms with E-state index in [4.69, 9.17) is 5.11 Å². The van der Waals surface area contributed by atoms with Crippen molar-refractivity contribution in [1.82, 2.24) is 5.32 Å². The van der Waals surface area contributed by atoms with Gasteiger partial charge >= 0.3 is 12.0 Å². The maximum Gasteiger partial charge on any atom is 0.326 e. The van der Waals surface area contributed by atoms with Gasteiger partial charge in [0.2, 0.25) is 0 Å². The van der Waals surface area contributed by atoms with Crippen molar-refractivity contribution in [2.45, 2.75) is 39.2 Å². The van der Waals surface area contributed by atoms with E-state index in [2.05, 4.69) is 10.6 Å². The summed E-state index contributed by atoms with van der Waals surface area (Å²) < 4.78 is 0. The first kappa shape index (κ1) is 15.0. The summed E-state index contributed by atoms with van der Waals surface area (Å²) in [5.74, 6) is -1.01. The maximum atomic E-state index is 11.7. The number of amides is 2. The number of carboxylic acid groups (broad SMARTS) is 1. The van der Waals surface area contributed by atoms with Crippen molar-refractivity contribution < 1.29 is 14.7 Å². The first-order valence-electron chi connectivity index (χ1n) is 6.46. The first-order valence-corrected chi connectivity index (χ1v) is 6.46. The maximum absolute atomic E-state index is 11.7. The van der Waals surface area contributed by atoms with Crippen LogP contribution in [0, 0.1) is 0 Å². The summed E-state index contributed by atoms with van der Waals surface area (Å²) in [6, 6.07) is 6.13. The average molecular weight is 264 g/mol. The molecule has 1 aromatic rings. The molecule has 0 fully saturated rings. The molecule has 0 saturated heterocycles. The number of aryl methyl sites for hydroxylation is 1. The molecule has 0 heterocycles. The van der Waals surface area contributed by atoms with Gasteiger partial charge in [-0.1, -0.05) is 32.4 Å². The third-order valence-corrected chi connectivity index (χ3v) is 2.77. The summed E-state index contributed by atoms with van der Waals surface area (Å²) in [6.45, 7) is 3.90. The van der Waals surface area contributed by atoms with Crippen LogP contribution in [-0.4, -0.2) is 23.1 Å². The molecule has 0 aliphatic rings. The molecule has 5 heteroatoms. The Balaban J connectivity index is 2.60. The van der Waals surface area contributed by atoms with Crippen LogP contribution in [0.5, 0.6) is 0 Å². The number of urea groups is 1. The lowest BCUT2D eigenvalue weighted by molar-refractivity contribution is -0.139. The van der Waals surface area contributed by atoms with Gasteiger partial charge in [0.05, 0.1) is 0 Å². The van der Waals surface area contributed by atoms with E-state index < -0.39 is 18.0 Å². The van der Waals surface area contributed by atoms with Crippen LogP contribution in [-0.2, 0) is 11.2 Å². The van der Waals surface area contributed by atoms with E-state index in [9.17, 15) is 9.59 Å². The van der Waals surface area contributed by atoms with E-state index in [0.29, 0.717) is 18.5 Å². The lowest BCUT2D eigenvalue weighted by Crippen LogP contribution is -2.42. The summed E-state index contributed by atoms with van der Waals surface area (Å²) in [7, 11) is 0. The zero-order valence-electron chi connectivity index (χ0n) is 11.3. The van der Waals surface area contributed by atoms with Crippen LogP contribution in [0.4, 0.5) is 10.5 Å². The van der Waals surface area contributed by atoms with Gasteiger partial charge in [-0.05, 0) is 30.5 Å². The van der Waals surface area contributed by atoms with Crippen molar-refractivity contribution >= 4 is 17.7 Å². The van der Waals surface area contributed by atoms with E-state index in [-0.39, 0.29) is 0 Å². The highest BCUT2D eigenvalue weighted by Crippen LogP contribution is 2.11. The molecule has 0 aromatic heterocycles. The number of hydrogen-bond acceptors (Lipinski definition) is 2. The van der Waals surface area contributed by atoms with Crippen molar-refractivity contribution in [2.75, 3.05) is 5.32 Å². The number of anilines is 1. The van der Waals surface area contributed by atoms with Gasteiger partial charge in [0.15, 0.2) is 0 Å². The number of carbonyl (C=O) groups excluding carboxylic acids is 1. The number of aliphatic carboxylic acids is 1. The Labute approximate surface area is 113 Å². The smallest absolute Gasteiger partial charge is 0.326 e. The molecule has 1 aromatic carbocycles. The zero-order chi connectivity index (χ0) is 14.3. The number of nitrogens with one attached hydrogen (secondary N) is 2. The van der Waals surface area contributed by atoms with E-state index in [0.717, 1.165) is 12.0 Å². The van der Waals surface area contributed by atoms with E-state index in [1.165, 1.54) is 0 Å². The molecule has 3 N–H and O–H groups in total. The third-order valence-electron chi connectivity index (χ3n) is 2.77. The van der Waals surface area contributed by atoms with Crippen LogP contribution in [0.1, 0.15) is 32.3 Å². The molecule has 0 aliphatic heterocycles. The minimum Gasteiger partial charge on any atom is -0.480 e. The molecule has 0 unspecified atom stereocenters. The lowest BCUT2D eigenvalue weighted by Gasteiger charge is -2.14. The number of carbonyl (C=O) groups is 2. The average Bonchev–Trinajstić information content (AvgIpc) is 2.38. The van der Waals surface area contributed by atoms with Crippen LogP contribution >= 0.6 is 0 Å². The summed E-state index contributed by atoms with van der Waals surface area (Å²) in [5, 5.41) is 14.1. The minimum atomic E-state index is -1.01. The van der Waals surface area contributed by atoms with Crippen LogP contribution in [0.2, 0.25) is 0 Å². The van der Waals surface area contributed by atoms with Gasteiger partial charge in [-0.25, -0.2) is 9.59 Å². The lowest BCUT2D eigenvalue weighted by atomic mass is 10.1. The number of benzene rings is 1. The zero-order valence-corrected chi connectivity index (χ0v) is 11.3. The Morgan fingerprint density at radius 2 is 2.05 bits per heavy atom. The number of hydrogen-bond donors (Lipinski definition) is 3. The van der Waals surface area contributed by atoms with Gasteiger partial charge < -0.3 is 15.7 Å². The molecule has 0 bridgehead atoms. The normalized spacial score (nSPS) is 11.7. The first-order chi connectivity index (χ1) is 9.06. The van der Waals surface area contributed by atoms with Gasteiger partial charge in [0.25, 0.3) is 0 Å². The molecular formula is C14H20N2O3. The molecule has 19 heavy (non-hydrogen) atoms. The quantitative estimate of drug-likeness (QED) is 0.739. The highest BCUT2D eigenvalue weighted by molar-refractivity contribution is 5.92. The second kappa shape index (κ2) is 7.41. The fraction of sp³-hybridized carbons (Fsp3) is 0.429. The summed E-state index contributed by atoms with van der Waals surface area (Å²) in [6.07, 6.45) is 1.99. The highest BCUT2D eigenvalue weighted by Gasteiger charge is 2.18. The predicted molar refractivity (Wildman–Crippen MR) is 74.3 cm³/mol. The molecule has 0 radical (unpaired) electrons. The van der Waals surface area contributed by atoms with Gasteiger partial charge in [0.1, 0.15) is 6.04 Å². The van der Waals surface area contributed by atoms with E-state index >= 15 is 0 Å². The molecular weight excluding hydrogens is 244 g/mol. The van der Waals surface area contributed by atoms with Crippen molar-refractivity contribution in [1.29, 1.82) is 0 Å². The van der Waals surface area contributed by atoms with Crippen molar-refractivity contribution in [3.05, 3.63) is 29.8 Å². The fourth-order valence-electron chi connectivity index (χ4n) is 1.74. The largest absolute Gasteiger partial charge is 0.480 e. The summed E-state index contributed by atoms with van der Waals surface area (Å²) in [4.78, 5) is 22.7. The molecule has 0 aliphatic carbocycles. The molecule has 0 spiro atoms. The predicted octanol–water partition coefficient (Wildman–Crippen LogP) is 2.62. The van der Waals surface area contributed by atoms with Crippen LogP contribution < -0.4 is 10.6 Å². The summed E-state index contributed by atoms with van der Waals surface area (Å²) >= 11 is 0. The van der Waals surface area contributed by atoms with Gasteiger partial charge in [0, 0.05) is 5.69 Å². The second-order valence-electron chi connectivity index (χ2n) is 4.33. The van der Waals surface area contributed by atoms with E-state index in [1.54, 1.807) is 6.07 Å². The van der Waals surface area contributed by atoms with Crippen LogP contribution in [0.3, 0.4) is 0 Å². The van der Waals surface area contributed by atoms with Crippen LogP contribution in [0.15, 0.2) is 24.3 Å². The van der Waals surface area contributed by atoms with Gasteiger partial charge in [-0.15, -0.1) is 0 Å². The minimum absolute atomic E-state index is 0.414. The Kier molecular flexibility index (Phi) is 5.85. The van der Waals surface area contributed by atoms with E-state index in [1.807, 2.05) is 32.0 Å². The van der Waals surface area contributed by atoms with Crippen molar-refractivity contribution in [3.63, 3.8) is 0 Å². The number of rotatable bonds is 6. The molecule has 1 rings (SSSR count). The summed E-state index contributed by atoms with van der Waals surface area (Å²) in [5.41, 5.74) is 1.78. The fourth-order valence-corrected chi connectivity index (χ4v) is 1.74. The third kappa shape index (κ3) is 4.99.